The van der Waals surface area contributed by atoms with Gasteiger partial charge >= 0.3 is 0 Å². The van der Waals surface area contributed by atoms with Gasteiger partial charge in [-0.05, 0) is 42.0 Å². The van der Waals surface area contributed by atoms with Crippen LogP contribution >= 0.6 is 23.1 Å². The van der Waals surface area contributed by atoms with Gasteiger partial charge in [-0.2, -0.15) is 0 Å². The van der Waals surface area contributed by atoms with Crippen LogP contribution in [0.15, 0.2) is 46.8 Å². The van der Waals surface area contributed by atoms with Gasteiger partial charge in [0.1, 0.15) is 5.75 Å². The molecule has 11 heteroatoms. The zero-order valence-electron chi connectivity index (χ0n) is 17.7. The van der Waals surface area contributed by atoms with E-state index in [0.717, 1.165) is 5.56 Å². The fourth-order valence-corrected chi connectivity index (χ4v) is 4.22. The van der Waals surface area contributed by atoms with Crippen LogP contribution in [0.2, 0.25) is 0 Å². The van der Waals surface area contributed by atoms with E-state index in [1.165, 1.54) is 23.1 Å². The molecule has 0 aliphatic carbocycles. The first kappa shape index (κ1) is 23.4. The molecule has 0 atom stereocenters. The molecule has 0 unspecified atom stereocenters. The van der Waals surface area contributed by atoms with Crippen LogP contribution in [0.25, 0.3) is 0 Å². The standard InChI is InChI=1S/C21H22N4O5S2/c1-28-15-7-5-14(6-8-15)22-19(27)12-31-21-25-24-20(32-21)23-18(26)11-13-4-9-16(29-2)17(10-13)30-3/h4-10H,11-12H2,1-3H3,(H,22,27)(H,23,24,26). The second kappa shape index (κ2) is 11.3. The Labute approximate surface area is 193 Å². The Morgan fingerprint density at radius 1 is 0.906 bits per heavy atom. The number of benzene rings is 2. The van der Waals surface area contributed by atoms with Crippen molar-refractivity contribution in [2.45, 2.75) is 10.8 Å². The molecule has 2 amide bonds. The summed E-state index contributed by atoms with van der Waals surface area (Å²) in [6.07, 6.45) is 0.146. The van der Waals surface area contributed by atoms with E-state index in [9.17, 15) is 9.59 Å². The van der Waals surface area contributed by atoms with Crippen LogP contribution in [0.5, 0.6) is 17.2 Å². The van der Waals surface area contributed by atoms with Gasteiger partial charge in [0.15, 0.2) is 15.8 Å². The van der Waals surface area contributed by atoms with Crippen LogP contribution in [-0.2, 0) is 16.0 Å². The molecule has 0 aliphatic heterocycles. The topological polar surface area (TPSA) is 112 Å². The number of nitrogens with one attached hydrogen (secondary N) is 2. The Kier molecular flexibility index (Phi) is 8.28. The predicted octanol–water partition coefficient (Wildman–Crippen LogP) is 3.48. The molecule has 0 aliphatic rings. The Hall–Kier alpha value is -3.31. The van der Waals surface area contributed by atoms with Crippen molar-refractivity contribution in [1.82, 2.24) is 10.2 Å². The maximum Gasteiger partial charge on any atom is 0.234 e. The second-order valence-corrected chi connectivity index (χ2v) is 8.55. The Balaban J connectivity index is 1.47. The maximum atomic E-state index is 12.3. The molecule has 2 N–H and O–H groups in total. The van der Waals surface area contributed by atoms with Crippen molar-refractivity contribution in [3.63, 3.8) is 0 Å². The van der Waals surface area contributed by atoms with Gasteiger partial charge in [0, 0.05) is 5.69 Å². The van der Waals surface area contributed by atoms with E-state index in [0.29, 0.717) is 32.4 Å². The fraction of sp³-hybridized carbons (Fsp3) is 0.238. The third kappa shape index (κ3) is 6.59. The molecule has 2 aromatic carbocycles. The lowest BCUT2D eigenvalue weighted by molar-refractivity contribution is -0.115. The minimum atomic E-state index is -0.234. The molecule has 3 aromatic rings. The molecular formula is C21H22N4O5S2. The zero-order valence-corrected chi connectivity index (χ0v) is 19.3. The Morgan fingerprint density at radius 3 is 2.34 bits per heavy atom. The van der Waals surface area contributed by atoms with Gasteiger partial charge in [-0.1, -0.05) is 29.2 Å². The monoisotopic (exact) mass is 474 g/mol. The van der Waals surface area contributed by atoms with E-state index in [1.807, 2.05) is 0 Å². The number of hydrogen-bond acceptors (Lipinski definition) is 9. The first-order valence-corrected chi connectivity index (χ1v) is 11.2. The predicted molar refractivity (Wildman–Crippen MR) is 124 cm³/mol. The van der Waals surface area contributed by atoms with E-state index < -0.39 is 0 Å². The quantitative estimate of drug-likeness (QED) is 0.339. The average Bonchev–Trinajstić information content (AvgIpc) is 3.25. The number of anilines is 2. The Morgan fingerprint density at radius 2 is 1.66 bits per heavy atom. The van der Waals surface area contributed by atoms with Crippen molar-refractivity contribution in [1.29, 1.82) is 0 Å². The summed E-state index contributed by atoms with van der Waals surface area (Å²) in [4.78, 5) is 24.5. The summed E-state index contributed by atoms with van der Waals surface area (Å²) in [6.45, 7) is 0. The highest BCUT2D eigenvalue weighted by Crippen LogP contribution is 2.28. The van der Waals surface area contributed by atoms with Crippen molar-refractivity contribution in [2.75, 3.05) is 37.7 Å². The summed E-state index contributed by atoms with van der Waals surface area (Å²) in [5, 5.41) is 13.9. The van der Waals surface area contributed by atoms with Crippen LogP contribution in [0, 0.1) is 0 Å². The maximum absolute atomic E-state index is 12.3. The molecular weight excluding hydrogens is 452 g/mol. The fourth-order valence-electron chi connectivity index (χ4n) is 2.66. The van der Waals surface area contributed by atoms with Gasteiger partial charge in [0.2, 0.25) is 16.9 Å². The number of aromatic nitrogens is 2. The lowest BCUT2D eigenvalue weighted by Gasteiger charge is -2.09. The largest absolute Gasteiger partial charge is 0.497 e. The molecule has 0 bridgehead atoms. The minimum absolute atomic E-state index is 0.146. The summed E-state index contributed by atoms with van der Waals surface area (Å²) in [5.74, 6) is 1.63. The van der Waals surface area contributed by atoms with Crippen molar-refractivity contribution in [3.05, 3.63) is 48.0 Å². The first-order chi connectivity index (χ1) is 15.5. The molecule has 0 saturated carbocycles. The number of carbonyl (C=O) groups is 2. The molecule has 32 heavy (non-hydrogen) atoms. The summed E-state index contributed by atoms with van der Waals surface area (Å²) in [5.41, 5.74) is 1.45. The van der Waals surface area contributed by atoms with Crippen LogP contribution in [0.1, 0.15) is 5.56 Å². The summed E-state index contributed by atoms with van der Waals surface area (Å²) in [7, 11) is 4.68. The molecule has 0 spiro atoms. The molecule has 3 rings (SSSR count). The van der Waals surface area contributed by atoms with Gasteiger partial charge in [0.25, 0.3) is 0 Å². The smallest absolute Gasteiger partial charge is 0.234 e. The summed E-state index contributed by atoms with van der Waals surface area (Å²) < 4.78 is 16.1. The van der Waals surface area contributed by atoms with Crippen molar-refractivity contribution in [2.24, 2.45) is 0 Å². The van der Waals surface area contributed by atoms with Gasteiger partial charge in [-0.3, -0.25) is 9.59 Å². The molecule has 9 nitrogen and oxygen atoms in total. The highest BCUT2D eigenvalue weighted by molar-refractivity contribution is 8.01. The third-order valence-electron chi connectivity index (χ3n) is 4.17. The number of methoxy groups -OCH3 is 3. The van der Waals surface area contributed by atoms with E-state index in [1.54, 1.807) is 63.8 Å². The first-order valence-electron chi connectivity index (χ1n) is 9.41. The number of rotatable bonds is 10. The van der Waals surface area contributed by atoms with E-state index in [-0.39, 0.29) is 24.0 Å². The average molecular weight is 475 g/mol. The molecule has 1 heterocycles. The second-order valence-electron chi connectivity index (χ2n) is 6.35. The SMILES string of the molecule is COc1ccc(NC(=O)CSc2nnc(NC(=O)Cc3ccc(OC)c(OC)c3)s2)cc1. The number of thioether (sulfide) groups is 1. The molecule has 1 aromatic heterocycles. The van der Waals surface area contributed by atoms with Crippen molar-refractivity contribution in [3.8, 4) is 17.2 Å². The van der Waals surface area contributed by atoms with E-state index in [4.69, 9.17) is 14.2 Å². The third-order valence-corrected chi connectivity index (χ3v) is 6.14. The number of amides is 2. The molecule has 0 radical (unpaired) electrons. The van der Waals surface area contributed by atoms with Crippen LogP contribution < -0.4 is 24.8 Å². The summed E-state index contributed by atoms with van der Waals surface area (Å²) in [6, 6.07) is 12.4. The molecule has 0 saturated heterocycles. The van der Waals surface area contributed by atoms with Crippen LogP contribution in [0.4, 0.5) is 10.8 Å². The minimum Gasteiger partial charge on any atom is -0.497 e. The highest BCUT2D eigenvalue weighted by atomic mass is 32.2. The number of nitrogens with zero attached hydrogens (tertiary/aromatic N) is 2. The number of hydrogen-bond donors (Lipinski definition) is 2. The van der Waals surface area contributed by atoms with E-state index >= 15 is 0 Å². The van der Waals surface area contributed by atoms with E-state index in [2.05, 4.69) is 20.8 Å². The van der Waals surface area contributed by atoms with Crippen molar-refractivity contribution >= 4 is 45.7 Å². The van der Waals surface area contributed by atoms with Crippen molar-refractivity contribution < 1.29 is 23.8 Å². The Bertz CT molecular complexity index is 1070. The highest BCUT2D eigenvalue weighted by Gasteiger charge is 2.13. The normalized spacial score (nSPS) is 10.3. The number of carbonyl (C=O) groups excluding carboxylic acids is 2. The molecule has 0 fully saturated rings. The zero-order chi connectivity index (χ0) is 22.9. The van der Waals surface area contributed by atoms with Gasteiger partial charge in [-0.15, -0.1) is 10.2 Å². The lowest BCUT2D eigenvalue weighted by Crippen LogP contribution is -2.14. The van der Waals surface area contributed by atoms with Gasteiger partial charge < -0.3 is 24.8 Å². The lowest BCUT2D eigenvalue weighted by atomic mass is 10.1. The van der Waals surface area contributed by atoms with Gasteiger partial charge in [-0.25, -0.2) is 0 Å². The number of ether oxygens (including phenoxy) is 3. The van der Waals surface area contributed by atoms with Gasteiger partial charge in [0.05, 0.1) is 33.5 Å². The molecule has 168 valence electrons. The van der Waals surface area contributed by atoms with Crippen LogP contribution in [-0.4, -0.2) is 49.1 Å². The van der Waals surface area contributed by atoms with Crippen LogP contribution in [0.3, 0.4) is 0 Å². The summed E-state index contributed by atoms with van der Waals surface area (Å²) >= 11 is 2.45.